The first-order valence-corrected chi connectivity index (χ1v) is 12.5. The van der Waals surface area contributed by atoms with Crippen LogP contribution in [0.25, 0.3) is 11.0 Å². The fourth-order valence-electron chi connectivity index (χ4n) is 4.56. The highest BCUT2D eigenvalue weighted by Crippen LogP contribution is 2.33. The summed E-state index contributed by atoms with van der Waals surface area (Å²) in [7, 11) is 1.62. The Morgan fingerprint density at radius 3 is 2.83 bits per heavy atom. The van der Waals surface area contributed by atoms with E-state index in [2.05, 4.69) is 20.2 Å². The fourth-order valence-corrected chi connectivity index (χ4v) is 5.74. The highest BCUT2D eigenvalue weighted by molar-refractivity contribution is 7.99. The van der Waals surface area contributed by atoms with Gasteiger partial charge in [0.25, 0.3) is 0 Å². The molecular weight excluding hydrogens is 463 g/mol. The van der Waals surface area contributed by atoms with Crippen molar-refractivity contribution >= 4 is 28.7 Å². The SMILES string of the molecule is COc1ccccc1CNC(=O)[C@@H]1C[C@H](Sc2nc3ccccc3[nH]2)CN1Cc1cccc(F)c1. The second-order valence-electron chi connectivity index (χ2n) is 8.64. The maximum absolute atomic E-state index is 13.8. The van der Waals surface area contributed by atoms with Crippen molar-refractivity contribution in [3.63, 3.8) is 0 Å². The van der Waals surface area contributed by atoms with Crippen LogP contribution in [0.3, 0.4) is 0 Å². The van der Waals surface area contributed by atoms with Gasteiger partial charge in [-0.05, 0) is 42.3 Å². The molecule has 2 atom stereocenters. The highest BCUT2D eigenvalue weighted by Gasteiger charge is 2.37. The van der Waals surface area contributed by atoms with Crippen molar-refractivity contribution in [2.75, 3.05) is 13.7 Å². The lowest BCUT2D eigenvalue weighted by molar-refractivity contribution is -0.125. The molecular formula is C27H27FN4O2S. The molecule has 8 heteroatoms. The minimum atomic E-state index is -0.324. The number of hydrogen-bond donors (Lipinski definition) is 2. The lowest BCUT2D eigenvalue weighted by Crippen LogP contribution is -2.42. The monoisotopic (exact) mass is 490 g/mol. The number of para-hydroxylation sites is 3. The van der Waals surface area contributed by atoms with Crippen LogP contribution in [-0.2, 0) is 17.9 Å². The molecule has 35 heavy (non-hydrogen) atoms. The van der Waals surface area contributed by atoms with Gasteiger partial charge in [0, 0.05) is 30.4 Å². The number of carbonyl (C=O) groups excluding carboxylic acids is 1. The summed E-state index contributed by atoms with van der Waals surface area (Å²) in [5, 5.41) is 4.10. The van der Waals surface area contributed by atoms with Gasteiger partial charge in [0.2, 0.25) is 5.91 Å². The summed E-state index contributed by atoms with van der Waals surface area (Å²) in [5.41, 5.74) is 3.69. The van der Waals surface area contributed by atoms with Crippen LogP contribution in [0.1, 0.15) is 17.5 Å². The number of aromatic amines is 1. The number of rotatable bonds is 8. The maximum atomic E-state index is 13.8. The number of H-pyrrole nitrogens is 1. The molecule has 0 unspecified atom stereocenters. The van der Waals surface area contributed by atoms with E-state index in [4.69, 9.17) is 4.74 Å². The van der Waals surface area contributed by atoms with Gasteiger partial charge in [0.15, 0.2) is 5.16 Å². The molecule has 180 valence electrons. The molecule has 4 aromatic rings. The average Bonchev–Trinajstić information content (AvgIpc) is 3.46. The molecule has 0 radical (unpaired) electrons. The van der Waals surface area contributed by atoms with Crippen molar-refractivity contribution in [3.8, 4) is 5.75 Å². The summed E-state index contributed by atoms with van der Waals surface area (Å²) in [6.45, 7) is 1.58. The Kier molecular flexibility index (Phi) is 7.01. The zero-order chi connectivity index (χ0) is 24.2. The summed E-state index contributed by atoms with van der Waals surface area (Å²) in [5.74, 6) is 0.432. The number of ether oxygens (including phenoxy) is 1. The second-order valence-corrected chi connectivity index (χ2v) is 9.93. The van der Waals surface area contributed by atoms with Gasteiger partial charge < -0.3 is 15.0 Å². The normalized spacial score (nSPS) is 18.1. The van der Waals surface area contributed by atoms with Crippen LogP contribution in [0, 0.1) is 5.82 Å². The number of thioether (sulfide) groups is 1. The number of likely N-dealkylation sites (tertiary alicyclic amines) is 1. The zero-order valence-corrected chi connectivity index (χ0v) is 20.2. The third kappa shape index (κ3) is 5.49. The second kappa shape index (κ2) is 10.5. The standard InChI is InChI=1S/C27H27FN4O2S/c1-34-25-12-5-2-8-19(25)15-29-26(33)24-14-21(17-32(24)16-18-7-6-9-20(28)13-18)35-27-30-22-10-3-4-11-23(22)31-27/h2-13,21,24H,14-17H2,1H3,(H,29,33)(H,30,31)/t21-,24-/m0/s1. The van der Waals surface area contributed by atoms with E-state index in [-0.39, 0.29) is 23.0 Å². The lowest BCUT2D eigenvalue weighted by atomic mass is 10.1. The first-order valence-electron chi connectivity index (χ1n) is 11.6. The van der Waals surface area contributed by atoms with Crippen molar-refractivity contribution in [1.82, 2.24) is 20.2 Å². The van der Waals surface area contributed by atoms with Crippen LogP contribution in [-0.4, -0.2) is 45.7 Å². The molecule has 2 N–H and O–H groups in total. The molecule has 6 nitrogen and oxygen atoms in total. The number of hydrogen-bond acceptors (Lipinski definition) is 5. The summed E-state index contributed by atoms with van der Waals surface area (Å²) in [6.07, 6.45) is 0.675. The van der Waals surface area contributed by atoms with Gasteiger partial charge >= 0.3 is 0 Å². The van der Waals surface area contributed by atoms with Gasteiger partial charge in [-0.1, -0.05) is 54.2 Å². The third-order valence-electron chi connectivity index (χ3n) is 6.23. The molecule has 1 amide bonds. The molecule has 1 aliphatic heterocycles. The minimum Gasteiger partial charge on any atom is -0.496 e. The number of fused-ring (bicyclic) bond motifs is 1. The Morgan fingerprint density at radius 2 is 2.00 bits per heavy atom. The lowest BCUT2D eigenvalue weighted by Gasteiger charge is -2.24. The first-order chi connectivity index (χ1) is 17.1. The Hall–Kier alpha value is -3.36. The van der Waals surface area contributed by atoms with Crippen LogP contribution in [0.2, 0.25) is 0 Å². The van der Waals surface area contributed by atoms with Crippen molar-refractivity contribution in [2.45, 2.75) is 36.0 Å². The van der Waals surface area contributed by atoms with E-state index in [9.17, 15) is 9.18 Å². The van der Waals surface area contributed by atoms with E-state index in [0.29, 0.717) is 26.1 Å². The van der Waals surface area contributed by atoms with Gasteiger partial charge in [0.05, 0.1) is 24.2 Å². The molecule has 0 bridgehead atoms. The molecule has 1 aromatic heterocycles. The van der Waals surface area contributed by atoms with E-state index in [0.717, 1.165) is 33.1 Å². The number of imidazole rings is 1. The first kappa shape index (κ1) is 23.4. The van der Waals surface area contributed by atoms with Crippen molar-refractivity contribution in [3.05, 3.63) is 89.7 Å². The quantitative estimate of drug-likeness (QED) is 0.373. The van der Waals surface area contributed by atoms with Gasteiger partial charge in [-0.2, -0.15) is 0 Å². The molecule has 1 saturated heterocycles. The molecule has 0 saturated carbocycles. The van der Waals surface area contributed by atoms with Crippen molar-refractivity contribution < 1.29 is 13.9 Å². The Morgan fingerprint density at radius 1 is 1.17 bits per heavy atom. The molecule has 0 spiro atoms. The molecule has 1 fully saturated rings. The highest BCUT2D eigenvalue weighted by atomic mass is 32.2. The van der Waals surface area contributed by atoms with E-state index >= 15 is 0 Å². The van der Waals surface area contributed by atoms with Crippen LogP contribution in [0.15, 0.2) is 78.0 Å². The third-order valence-corrected chi connectivity index (χ3v) is 7.33. The summed E-state index contributed by atoms with van der Waals surface area (Å²) in [4.78, 5) is 23.5. The Labute approximate surface area is 207 Å². The molecule has 3 aromatic carbocycles. The van der Waals surface area contributed by atoms with Crippen LogP contribution < -0.4 is 10.1 Å². The minimum absolute atomic E-state index is 0.0417. The number of halogens is 1. The number of nitrogens with one attached hydrogen (secondary N) is 2. The number of nitrogens with zero attached hydrogens (tertiary/aromatic N) is 2. The van der Waals surface area contributed by atoms with Crippen LogP contribution in [0.5, 0.6) is 5.75 Å². The molecule has 0 aliphatic carbocycles. The number of methoxy groups -OCH3 is 1. The maximum Gasteiger partial charge on any atom is 0.237 e. The summed E-state index contributed by atoms with van der Waals surface area (Å²) >= 11 is 1.65. The van der Waals surface area contributed by atoms with Crippen molar-refractivity contribution in [2.24, 2.45) is 0 Å². The molecule has 5 rings (SSSR count). The number of amides is 1. The predicted molar refractivity (Wildman–Crippen MR) is 136 cm³/mol. The topological polar surface area (TPSA) is 70.2 Å². The van der Waals surface area contributed by atoms with Gasteiger partial charge in [-0.25, -0.2) is 9.37 Å². The largest absolute Gasteiger partial charge is 0.496 e. The number of aromatic nitrogens is 2. The Bertz CT molecular complexity index is 1290. The van der Waals surface area contributed by atoms with E-state index < -0.39 is 0 Å². The van der Waals surface area contributed by atoms with Crippen LogP contribution >= 0.6 is 11.8 Å². The smallest absolute Gasteiger partial charge is 0.237 e. The average molecular weight is 491 g/mol. The van der Waals surface area contributed by atoms with Gasteiger partial charge in [-0.15, -0.1) is 0 Å². The Balaban J connectivity index is 1.31. The summed E-state index contributed by atoms with van der Waals surface area (Å²) < 4.78 is 19.2. The number of carbonyl (C=O) groups is 1. The van der Waals surface area contributed by atoms with E-state index in [1.54, 1.807) is 24.9 Å². The zero-order valence-electron chi connectivity index (χ0n) is 19.4. The van der Waals surface area contributed by atoms with Crippen LogP contribution in [0.4, 0.5) is 4.39 Å². The van der Waals surface area contributed by atoms with E-state index in [1.165, 1.54) is 12.1 Å². The fraction of sp³-hybridized carbons (Fsp3) is 0.259. The van der Waals surface area contributed by atoms with Crippen molar-refractivity contribution in [1.29, 1.82) is 0 Å². The molecule has 2 heterocycles. The van der Waals surface area contributed by atoms with E-state index in [1.807, 2.05) is 54.6 Å². The van der Waals surface area contributed by atoms with Gasteiger partial charge in [-0.3, -0.25) is 9.69 Å². The van der Waals surface area contributed by atoms with Gasteiger partial charge in [0.1, 0.15) is 11.6 Å². The summed E-state index contributed by atoms with van der Waals surface area (Å²) in [6, 6.07) is 21.8. The number of benzene rings is 3. The molecule has 1 aliphatic rings. The predicted octanol–water partition coefficient (Wildman–Crippen LogP) is 4.76.